The Kier molecular flexibility index (Phi) is 4.94. The third kappa shape index (κ3) is 3.98. The summed E-state index contributed by atoms with van der Waals surface area (Å²) < 4.78 is 13.0. The Bertz CT molecular complexity index is 499. The second kappa shape index (κ2) is 7.11. The lowest BCUT2D eigenvalue weighted by Gasteiger charge is -2.22. The van der Waals surface area contributed by atoms with Crippen LogP contribution in [0.25, 0.3) is 0 Å². The van der Waals surface area contributed by atoms with E-state index in [9.17, 15) is 4.79 Å². The first-order chi connectivity index (χ1) is 10.7. The Balaban J connectivity index is 1.53. The Hall–Kier alpha value is -1.60. The highest BCUT2D eigenvalue weighted by molar-refractivity contribution is 5.89. The second-order valence-corrected chi connectivity index (χ2v) is 6.00. The SMILES string of the molecule is CC1CN(C(=O)Nc2cnn(CC3CCCO3)c2)CCCO1. The molecule has 3 rings (SSSR count). The fraction of sp³-hybridized carbons (Fsp3) is 0.733. The summed E-state index contributed by atoms with van der Waals surface area (Å²) in [5.41, 5.74) is 0.723. The van der Waals surface area contributed by atoms with Crippen molar-refractivity contribution in [2.45, 2.75) is 44.9 Å². The van der Waals surface area contributed by atoms with Crippen molar-refractivity contribution in [2.75, 3.05) is 31.6 Å². The first-order valence-electron chi connectivity index (χ1n) is 8.02. The van der Waals surface area contributed by atoms with E-state index in [-0.39, 0.29) is 18.2 Å². The van der Waals surface area contributed by atoms with Crippen molar-refractivity contribution in [3.05, 3.63) is 12.4 Å². The highest BCUT2D eigenvalue weighted by Crippen LogP contribution is 2.15. The number of amides is 2. The number of urea groups is 1. The molecule has 0 saturated carbocycles. The summed E-state index contributed by atoms with van der Waals surface area (Å²) in [6, 6.07) is -0.0889. The quantitative estimate of drug-likeness (QED) is 0.923. The maximum atomic E-state index is 12.3. The normalized spacial score (nSPS) is 26.0. The van der Waals surface area contributed by atoms with E-state index < -0.39 is 0 Å². The van der Waals surface area contributed by atoms with Crippen LogP contribution in [0.4, 0.5) is 10.5 Å². The lowest BCUT2D eigenvalue weighted by atomic mass is 10.2. The van der Waals surface area contributed by atoms with Crippen LogP contribution in [0.3, 0.4) is 0 Å². The molecule has 1 aromatic heterocycles. The molecule has 2 atom stereocenters. The maximum absolute atomic E-state index is 12.3. The van der Waals surface area contributed by atoms with Gasteiger partial charge in [-0.05, 0) is 26.2 Å². The van der Waals surface area contributed by atoms with Gasteiger partial charge >= 0.3 is 6.03 Å². The van der Waals surface area contributed by atoms with Gasteiger partial charge in [0.2, 0.25) is 0 Å². The first-order valence-corrected chi connectivity index (χ1v) is 8.02. The number of carbonyl (C=O) groups is 1. The van der Waals surface area contributed by atoms with Crippen LogP contribution < -0.4 is 5.32 Å². The lowest BCUT2D eigenvalue weighted by Crippen LogP contribution is -2.38. The molecule has 7 nitrogen and oxygen atoms in total. The van der Waals surface area contributed by atoms with E-state index in [0.29, 0.717) is 13.2 Å². The van der Waals surface area contributed by atoms with E-state index >= 15 is 0 Å². The Labute approximate surface area is 130 Å². The molecule has 0 bridgehead atoms. The van der Waals surface area contributed by atoms with Gasteiger partial charge in [0.1, 0.15) is 0 Å². The molecule has 22 heavy (non-hydrogen) atoms. The van der Waals surface area contributed by atoms with Crippen molar-refractivity contribution < 1.29 is 14.3 Å². The number of aromatic nitrogens is 2. The van der Waals surface area contributed by atoms with Crippen molar-refractivity contribution in [1.29, 1.82) is 0 Å². The third-order valence-corrected chi connectivity index (χ3v) is 4.04. The predicted octanol–water partition coefficient (Wildman–Crippen LogP) is 1.70. The van der Waals surface area contributed by atoms with Crippen molar-refractivity contribution in [1.82, 2.24) is 14.7 Å². The van der Waals surface area contributed by atoms with Crippen molar-refractivity contribution in [2.24, 2.45) is 0 Å². The average molecular weight is 308 g/mol. The number of hydrogen-bond donors (Lipinski definition) is 1. The van der Waals surface area contributed by atoms with Crippen molar-refractivity contribution >= 4 is 11.7 Å². The van der Waals surface area contributed by atoms with Gasteiger partial charge in [-0.25, -0.2) is 4.79 Å². The minimum atomic E-state index is -0.0889. The van der Waals surface area contributed by atoms with Crippen LogP contribution in [0, 0.1) is 0 Å². The lowest BCUT2D eigenvalue weighted by molar-refractivity contribution is 0.0718. The smallest absolute Gasteiger partial charge is 0.322 e. The zero-order chi connectivity index (χ0) is 15.4. The van der Waals surface area contributed by atoms with Gasteiger partial charge in [-0.2, -0.15) is 5.10 Å². The number of hydrogen-bond acceptors (Lipinski definition) is 4. The number of carbonyl (C=O) groups excluding carboxylic acids is 1. The molecule has 0 spiro atoms. The highest BCUT2D eigenvalue weighted by Gasteiger charge is 2.21. The Morgan fingerprint density at radius 1 is 1.41 bits per heavy atom. The van der Waals surface area contributed by atoms with Crippen LogP contribution in [0.2, 0.25) is 0 Å². The summed E-state index contributed by atoms with van der Waals surface area (Å²) in [5.74, 6) is 0. The van der Waals surface area contributed by atoms with E-state index in [1.807, 2.05) is 17.8 Å². The van der Waals surface area contributed by atoms with Crippen LogP contribution in [-0.4, -0.2) is 59.2 Å². The van der Waals surface area contributed by atoms with E-state index in [2.05, 4.69) is 10.4 Å². The fourth-order valence-corrected chi connectivity index (χ4v) is 2.91. The molecule has 2 aliphatic rings. The van der Waals surface area contributed by atoms with Crippen molar-refractivity contribution in [3.63, 3.8) is 0 Å². The molecule has 2 amide bonds. The van der Waals surface area contributed by atoms with Gasteiger partial charge in [0.05, 0.1) is 30.6 Å². The highest BCUT2D eigenvalue weighted by atomic mass is 16.5. The molecule has 1 aromatic rings. The molecule has 7 heteroatoms. The molecule has 3 heterocycles. The zero-order valence-electron chi connectivity index (χ0n) is 13.0. The first kappa shape index (κ1) is 15.3. The largest absolute Gasteiger partial charge is 0.377 e. The molecule has 1 N–H and O–H groups in total. The standard InChI is InChI=1S/C15H24N4O3/c1-12-9-18(5-3-7-21-12)15(20)17-13-8-16-19(10-13)11-14-4-2-6-22-14/h8,10,12,14H,2-7,9,11H2,1H3,(H,17,20). The summed E-state index contributed by atoms with van der Waals surface area (Å²) in [6.07, 6.45) is 6.93. The number of nitrogens with one attached hydrogen (secondary N) is 1. The minimum Gasteiger partial charge on any atom is -0.377 e. The molecule has 122 valence electrons. The van der Waals surface area contributed by atoms with Gasteiger partial charge in [-0.15, -0.1) is 0 Å². The third-order valence-electron chi connectivity index (χ3n) is 4.04. The van der Waals surface area contributed by atoms with Crippen LogP contribution in [-0.2, 0) is 16.0 Å². The van der Waals surface area contributed by atoms with Gasteiger partial charge in [-0.1, -0.05) is 0 Å². The van der Waals surface area contributed by atoms with Crippen LogP contribution in [0.1, 0.15) is 26.2 Å². The topological polar surface area (TPSA) is 68.6 Å². The summed E-state index contributed by atoms with van der Waals surface area (Å²) >= 11 is 0. The monoisotopic (exact) mass is 308 g/mol. The molecular formula is C15H24N4O3. The molecule has 0 radical (unpaired) electrons. The van der Waals surface area contributed by atoms with E-state index in [4.69, 9.17) is 9.47 Å². The molecule has 2 fully saturated rings. The van der Waals surface area contributed by atoms with E-state index in [1.165, 1.54) is 0 Å². The maximum Gasteiger partial charge on any atom is 0.322 e. The molecule has 2 saturated heterocycles. The van der Waals surface area contributed by atoms with Gasteiger partial charge in [0, 0.05) is 32.5 Å². The number of rotatable bonds is 3. The predicted molar refractivity (Wildman–Crippen MR) is 81.8 cm³/mol. The molecular weight excluding hydrogens is 284 g/mol. The summed E-state index contributed by atoms with van der Waals surface area (Å²) in [7, 11) is 0. The van der Waals surface area contributed by atoms with E-state index in [1.54, 1.807) is 11.1 Å². The Morgan fingerprint density at radius 3 is 3.09 bits per heavy atom. The molecule has 2 aliphatic heterocycles. The van der Waals surface area contributed by atoms with Crippen LogP contribution in [0.15, 0.2) is 12.4 Å². The zero-order valence-corrected chi connectivity index (χ0v) is 13.0. The average Bonchev–Trinajstić information content (AvgIpc) is 3.10. The summed E-state index contributed by atoms with van der Waals surface area (Å²) in [4.78, 5) is 14.1. The fourth-order valence-electron chi connectivity index (χ4n) is 2.91. The number of nitrogens with zero attached hydrogens (tertiary/aromatic N) is 3. The van der Waals surface area contributed by atoms with Gasteiger partial charge in [0.15, 0.2) is 0 Å². The van der Waals surface area contributed by atoms with Gasteiger partial charge in [0.25, 0.3) is 0 Å². The summed E-state index contributed by atoms with van der Waals surface area (Å²) in [6.45, 7) is 5.63. The molecule has 0 aliphatic carbocycles. The van der Waals surface area contributed by atoms with Gasteiger partial charge in [-0.3, -0.25) is 4.68 Å². The Morgan fingerprint density at radius 2 is 2.27 bits per heavy atom. The van der Waals surface area contributed by atoms with Crippen molar-refractivity contribution in [3.8, 4) is 0 Å². The number of anilines is 1. The molecule has 0 aromatic carbocycles. The van der Waals surface area contributed by atoms with Gasteiger partial charge < -0.3 is 19.7 Å². The summed E-state index contributed by atoms with van der Waals surface area (Å²) in [5, 5.41) is 7.20. The van der Waals surface area contributed by atoms with Crippen LogP contribution >= 0.6 is 0 Å². The second-order valence-electron chi connectivity index (χ2n) is 6.00. The van der Waals surface area contributed by atoms with E-state index in [0.717, 1.165) is 44.6 Å². The van der Waals surface area contributed by atoms with Crippen LogP contribution in [0.5, 0.6) is 0 Å². The minimum absolute atomic E-state index is 0.0792. The molecule has 2 unspecified atom stereocenters. The number of ether oxygens (including phenoxy) is 2.